The van der Waals surface area contributed by atoms with Crippen molar-refractivity contribution in [3.63, 3.8) is 0 Å². The van der Waals surface area contributed by atoms with Crippen LogP contribution in [0.5, 0.6) is 0 Å². The minimum Gasteiger partial charge on any atom is -0.351 e. The minimum atomic E-state index is -0.807. The van der Waals surface area contributed by atoms with Crippen LogP contribution in [0, 0.1) is 0 Å². The lowest BCUT2D eigenvalue weighted by Crippen LogP contribution is -2.55. The van der Waals surface area contributed by atoms with E-state index in [2.05, 4.69) is 15.2 Å². The number of thiazole rings is 1. The summed E-state index contributed by atoms with van der Waals surface area (Å²) in [6.45, 7) is 4.93. The number of nitrogens with one attached hydrogen (secondary N) is 1. The van der Waals surface area contributed by atoms with Gasteiger partial charge in [0.25, 0.3) is 0 Å². The summed E-state index contributed by atoms with van der Waals surface area (Å²) in [5.74, 6) is -0.352. The van der Waals surface area contributed by atoms with Crippen LogP contribution in [0.4, 0.5) is 9.93 Å². The second kappa shape index (κ2) is 5.98. The van der Waals surface area contributed by atoms with Gasteiger partial charge in [-0.15, -0.1) is 11.3 Å². The lowest BCUT2D eigenvalue weighted by atomic mass is 10.2. The van der Waals surface area contributed by atoms with Gasteiger partial charge < -0.3 is 10.6 Å². The normalized spacial score (nSPS) is 18.1. The van der Waals surface area contributed by atoms with Gasteiger partial charge in [-0.2, -0.15) is 0 Å². The van der Waals surface area contributed by atoms with Gasteiger partial charge in [-0.05, 0) is 6.92 Å². The first-order chi connectivity index (χ1) is 9.08. The molecule has 1 saturated heterocycles. The van der Waals surface area contributed by atoms with Crippen LogP contribution in [0.15, 0.2) is 11.6 Å². The summed E-state index contributed by atoms with van der Waals surface area (Å²) in [7, 11) is 0. The van der Waals surface area contributed by atoms with Crippen molar-refractivity contribution in [2.45, 2.75) is 13.0 Å². The van der Waals surface area contributed by atoms with E-state index in [0.717, 1.165) is 31.3 Å². The van der Waals surface area contributed by atoms with E-state index >= 15 is 0 Å². The Kier molecular flexibility index (Phi) is 4.33. The molecule has 3 amide bonds. The number of aromatic nitrogens is 1. The fourth-order valence-corrected chi connectivity index (χ4v) is 2.76. The van der Waals surface area contributed by atoms with E-state index in [-0.39, 0.29) is 11.9 Å². The average molecular weight is 283 g/mol. The summed E-state index contributed by atoms with van der Waals surface area (Å²) in [6.07, 6.45) is 1.79. The van der Waals surface area contributed by atoms with Gasteiger partial charge in [-0.25, -0.2) is 9.78 Å². The minimum absolute atomic E-state index is 0.352. The zero-order valence-electron chi connectivity index (χ0n) is 10.7. The Hall–Kier alpha value is -1.67. The molecule has 1 aromatic rings. The number of carbonyl (C=O) groups is 2. The van der Waals surface area contributed by atoms with Gasteiger partial charge in [0.2, 0.25) is 5.91 Å². The summed E-state index contributed by atoms with van der Waals surface area (Å²) >= 11 is 1.61. The maximum absolute atomic E-state index is 11.7. The molecule has 2 heterocycles. The molecule has 0 aliphatic carbocycles. The Bertz CT molecular complexity index is 442. The number of piperazine rings is 1. The second-order valence-electron chi connectivity index (χ2n) is 4.37. The highest BCUT2D eigenvalue weighted by molar-refractivity contribution is 7.13. The highest BCUT2D eigenvalue weighted by Gasteiger charge is 2.26. The second-order valence-corrected chi connectivity index (χ2v) is 5.24. The number of urea groups is 1. The van der Waals surface area contributed by atoms with Gasteiger partial charge in [0.1, 0.15) is 0 Å². The average Bonchev–Trinajstić information content (AvgIpc) is 2.91. The number of amides is 3. The molecule has 1 atom stereocenters. The SMILES string of the molecule is CC(C(=O)NC(N)=O)N1CCN(c2nccs2)CC1. The van der Waals surface area contributed by atoms with Gasteiger partial charge in [-0.3, -0.25) is 15.0 Å². The number of rotatable bonds is 3. The summed E-state index contributed by atoms with van der Waals surface area (Å²) in [5, 5.41) is 5.07. The smallest absolute Gasteiger partial charge is 0.318 e. The zero-order chi connectivity index (χ0) is 13.8. The van der Waals surface area contributed by atoms with E-state index in [9.17, 15) is 9.59 Å². The molecule has 1 fully saturated rings. The Balaban J connectivity index is 1.85. The fraction of sp³-hybridized carbons (Fsp3) is 0.545. The number of nitrogens with two attached hydrogens (primary N) is 1. The fourth-order valence-electron chi connectivity index (χ4n) is 2.06. The maximum atomic E-state index is 11.7. The Labute approximate surface area is 115 Å². The molecule has 0 spiro atoms. The van der Waals surface area contributed by atoms with Gasteiger partial charge in [0.15, 0.2) is 5.13 Å². The van der Waals surface area contributed by atoms with Gasteiger partial charge >= 0.3 is 6.03 Å². The molecule has 7 nitrogen and oxygen atoms in total. The largest absolute Gasteiger partial charge is 0.351 e. The van der Waals surface area contributed by atoms with Gasteiger partial charge in [-0.1, -0.05) is 0 Å². The van der Waals surface area contributed by atoms with E-state index < -0.39 is 6.03 Å². The molecule has 8 heteroatoms. The lowest BCUT2D eigenvalue weighted by Gasteiger charge is -2.37. The molecule has 1 aromatic heterocycles. The van der Waals surface area contributed by atoms with Crippen LogP contribution >= 0.6 is 11.3 Å². The first kappa shape index (κ1) is 13.8. The quantitative estimate of drug-likeness (QED) is 0.805. The predicted octanol–water partition coefficient (Wildman–Crippen LogP) is -0.151. The van der Waals surface area contributed by atoms with Crippen molar-refractivity contribution < 1.29 is 9.59 Å². The molecule has 0 saturated carbocycles. The third-order valence-corrected chi connectivity index (χ3v) is 4.01. The molecular weight excluding hydrogens is 266 g/mol. The summed E-state index contributed by atoms with van der Waals surface area (Å²) in [6, 6.07) is -1.16. The molecule has 1 aliphatic heterocycles. The van der Waals surface area contributed by atoms with Crippen LogP contribution in [0.2, 0.25) is 0 Å². The molecule has 1 aliphatic rings. The van der Waals surface area contributed by atoms with Crippen LogP contribution < -0.4 is 16.0 Å². The van der Waals surface area contributed by atoms with E-state index in [4.69, 9.17) is 5.73 Å². The molecule has 0 aromatic carbocycles. The van der Waals surface area contributed by atoms with Crippen molar-refractivity contribution in [1.82, 2.24) is 15.2 Å². The van der Waals surface area contributed by atoms with Crippen LogP contribution in [0.1, 0.15) is 6.92 Å². The number of imide groups is 1. The molecule has 0 radical (unpaired) electrons. The van der Waals surface area contributed by atoms with Crippen LogP contribution in [0.3, 0.4) is 0 Å². The number of primary amides is 1. The van der Waals surface area contributed by atoms with Crippen molar-refractivity contribution in [3.05, 3.63) is 11.6 Å². The van der Waals surface area contributed by atoms with Gasteiger partial charge in [0.05, 0.1) is 6.04 Å². The topological polar surface area (TPSA) is 91.6 Å². The Morgan fingerprint density at radius 2 is 2.11 bits per heavy atom. The molecule has 104 valence electrons. The highest BCUT2D eigenvalue weighted by atomic mass is 32.1. The van der Waals surface area contributed by atoms with Crippen LogP contribution in [-0.4, -0.2) is 54.0 Å². The van der Waals surface area contributed by atoms with E-state index in [1.165, 1.54) is 0 Å². The first-order valence-corrected chi connectivity index (χ1v) is 6.94. The molecule has 19 heavy (non-hydrogen) atoms. The van der Waals surface area contributed by atoms with Crippen molar-refractivity contribution in [2.24, 2.45) is 5.73 Å². The summed E-state index contributed by atoms with van der Waals surface area (Å²) in [5.41, 5.74) is 4.94. The molecule has 3 N–H and O–H groups in total. The molecule has 0 bridgehead atoms. The summed E-state index contributed by atoms with van der Waals surface area (Å²) < 4.78 is 0. The first-order valence-electron chi connectivity index (χ1n) is 6.06. The monoisotopic (exact) mass is 283 g/mol. The lowest BCUT2D eigenvalue weighted by molar-refractivity contribution is -0.124. The Morgan fingerprint density at radius 1 is 1.42 bits per heavy atom. The predicted molar refractivity (Wildman–Crippen MR) is 73.1 cm³/mol. The maximum Gasteiger partial charge on any atom is 0.318 e. The third-order valence-electron chi connectivity index (χ3n) is 3.18. The molecule has 2 rings (SSSR count). The number of anilines is 1. The van der Waals surface area contributed by atoms with E-state index in [0.29, 0.717) is 0 Å². The van der Waals surface area contributed by atoms with E-state index in [1.54, 1.807) is 24.5 Å². The van der Waals surface area contributed by atoms with Crippen LogP contribution in [0.25, 0.3) is 0 Å². The number of hydrogen-bond acceptors (Lipinski definition) is 6. The number of hydrogen-bond donors (Lipinski definition) is 2. The molecular formula is C11H17N5O2S. The third kappa shape index (κ3) is 3.42. The number of nitrogens with zero attached hydrogens (tertiary/aromatic N) is 3. The Morgan fingerprint density at radius 3 is 2.63 bits per heavy atom. The molecule has 1 unspecified atom stereocenters. The number of carbonyl (C=O) groups excluding carboxylic acids is 2. The van der Waals surface area contributed by atoms with Crippen molar-refractivity contribution in [1.29, 1.82) is 0 Å². The van der Waals surface area contributed by atoms with Crippen molar-refractivity contribution in [3.8, 4) is 0 Å². The van der Waals surface area contributed by atoms with E-state index in [1.807, 2.05) is 10.3 Å². The zero-order valence-corrected chi connectivity index (χ0v) is 11.5. The van der Waals surface area contributed by atoms with Crippen molar-refractivity contribution >= 4 is 28.4 Å². The van der Waals surface area contributed by atoms with Crippen LogP contribution in [-0.2, 0) is 4.79 Å². The van der Waals surface area contributed by atoms with Gasteiger partial charge in [0, 0.05) is 37.8 Å². The summed E-state index contributed by atoms with van der Waals surface area (Å²) in [4.78, 5) is 30.8. The standard InChI is InChI=1S/C11H17N5O2S/c1-8(9(17)14-10(12)18)15-3-5-16(6-4-15)11-13-2-7-19-11/h2,7-8H,3-6H2,1H3,(H3,12,14,17,18). The van der Waals surface area contributed by atoms with Crippen molar-refractivity contribution in [2.75, 3.05) is 31.1 Å². The highest BCUT2D eigenvalue weighted by Crippen LogP contribution is 2.19.